The molecular weight excluding hydrogens is 532 g/mol. The van der Waals surface area contributed by atoms with E-state index in [1.54, 1.807) is 4.90 Å². The van der Waals surface area contributed by atoms with E-state index >= 15 is 0 Å². The van der Waals surface area contributed by atoms with Crippen LogP contribution >= 0.6 is 0 Å². The summed E-state index contributed by atoms with van der Waals surface area (Å²) >= 11 is 0. The van der Waals surface area contributed by atoms with Crippen LogP contribution in [0, 0.1) is 11.6 Å². The van der Waals surface area contributed by atoms with Gasteiger partial charge in [0.15, 0.2) is 23.9 Å². The molecule has 3 aliphatic heterocycles. The molecule has 0 saturated carbocycles. The van der Waals surface area contributed by atoms with Crippen molar-refractivity contribution in [1.82, 2.24) is 14.4 Å². The molecule has 1 amide bonds. The Balaban J connectivity index is 1.42. The van der Waals surface area contributed by atoms with Gasteiger partial charge in [-0.05, 0) is 37.8 Å². The van der Waals surface area contributed by atoms with Gasteiger partial charge in [0.1, 0.15) is 17.8 Å². The molecule has 0 unspecified atom stereocenters. The lowest BCUT2D eigenvalue weighted by Gasteiger charge is -2.36. The summed E-state index contributed by atoms with van der Waals surface area (Å²) in [7, 11) is 0. The van der Waals surface area contributed by atoms with Crippen molar-refractivity contribution in [1.29, 1.82) is 0 Å². The summed E-state index contributed by atoms with van der Waals surface area (Å²) in [4.78, 5) is 66.8. The van der Waals surface area contributed by atoms with Crippen LogP contribution in [0.3, 0.4) is 0 Å². The van der Waals surface area contributed by atoms with Crippen LogP contribution in [0.5, 0.6) is 5.75 Å². The Bertz CT molecular complexity index is 1440. The lowest BCUT2D eigenvalue weighted by Crippen LogP contribution is -2.50. The van der Waals surface area contributed by atoms with Crippen LogP contribution in [0.4, 0.5) is 13.6 Å². The zero-order valence-corrected chi connectivity index (χ0v) is 21.7. The van der Waals surface area contributed by atoms with Gasteiger partial charge in [-0.25, -0.2) is 13.6 Å². The predicted molar refractivity (Wildman–Crippen MR) is 133 cm³/mol. The second-order valence-electron chi connectivity index (χ2n) is 9.98. The zero-order chi connectivity index (χ0) is 28.6. The average Bonchev–Trinajstić information content (AvgIpc) is 3.50. The number of benzene rings is 1. The molecule has 1 aromatic heterocycles. The summed E-state index contributed by atoms with van der Waals surface area (Å²) in [6.45, 7) is 1.48. The molecule has 11 nitrogen and oxygen atoms in total. The number of aryl methyl sites for hydroxylation is 1. The highest BCUT2D eigenvalue weighted by Crippen LogP contribution is 2.35. The molecule has 3 aliphatic rings. The summed E-state index contributed by atoms with van der Waals surface area (Å²) in [6.07, 6.45) is 1.45. The number of carbonyl (C=O) groups excluding carboxylic acids is 4. The van der Waals surface area contributed by atoms with Gasteiger partial charge in [-0.1, -0.05) is 6.07 Å². The molecule has 212 valence electrons. The minimum atomic E-state index is -1.22. The van der Waals surface area contributed by atoms with Gasteiger partial charge in [0.05, 0.1) is 12.1 Å². The maximum Gasteiger partial charge on any atom is 0.511 e. The standard InChI is InChI=1S/C27H27F2N3O8/c1-15(33)13-38-27(37)40-14-39-25-23-26(36)32-10-18-3-2-8-31(18)22(32)12-30(23)11-19(24(25)35)21(34)7-5-16-4-6-17(28)9-20(16)29/h4,6,9,11,18,22H,2-3,5,7-8,10,12-14H2,1H3/t18-,22+/m1/s1. The molecular formula is C27H27F2N3O8. The van der Waals surface area contributed by atoms with Gasteiger partial charge in [0.2, 0.25) is 18.0 Å². The van der Waals surface area contributed by atoms with Crippen molar-refractivity contribution in [3.8, 4) is 5.75 Å². The quantitative estimate of drug-likeness (QED) is 0.259. The molecule has 2 aromatic rings. The number of rotatable bonds is 9. The Morgan fingerprint density at radius 2 is 1.90 bits per heavy atom. The van der Waals surface area contributed by atoms with E-state index in [2.05, 4.69) is 9.64 Å². The third-order valence-electron chi connectivity index (χ3n) is 7.34. The number of ether oxygens (including phenoxy) is 3. The van der Waals surface area contributed by atoms with E-state index in [1.165, 1.54) is 23.8 Å². The molecule has 0 N–H and O–H groups in total. The van der Waals surface area contributed by atoms with Crippen molar-refractivity contribution in [3.63, 3.8) is 0 Å². The van der Waals surface area contributed by atoms with E-state index in [-0.39, 0.29) is 48.4 Å². The monoisotopic (exact) mass is 559 g/mol. The molecule has 2 saturated heterocycles. The molecule has 0 spiro atoms. The number of nitrogens with zero attached hydrogens (tertiary/aromatic N) is 3. The minimum absolute atomic E-state index is 0.0794. The molecule has 5 rings (SSSR count). The Hall–Kier alpha value is -4.13. The highest BCUT2D eigenvalue weighted by atomic mass is 19.1. The largest absolute Gasteiger partial charge is 0.511 e. The lowest BCUT2D eigenvalue weighted by molar-refractivity contribution is -0.121. The van der Waals surface area contributed by atoms with Crippen molar-refractivity contribution < 1.29 is 42.2 Å². The molecule has 2 atom stereocenters. The van der Waals surface area contributed by atoms with Gasteiger partial charge in [0.25, 0.3) is 5.91 Å². The van der Waals surface area contributed by atoms with Crippen molar-refractivity contribution in [2.75, 3.05) is 26.5 Å². The van der Waals surface area contributed by atoms with Crippen LogP contribution in [0.1, 0.15) is 52.6 Å². The van der Waals surface area contributed by atoms with E-state index < -0.39 is 59.8 Å². The number of carbonyl (C=O) groups is 4. The number of halogens is 2. The number of hydrogen-bond donors (Lipinski definition) is 0. The second kappa shape index (κ2) is 11.2. The van der Waals surface area contributed by atoms with Crippen LogP contribution in [0.25, 0.3) is 0 Å². The molecule has 4 heterocycles. The van der Waals surface area contributed by atoms with E-state index in [4.69, 9.17) is 9.47 Å². The Morgan fingerprint density at radius 3 is 2.65 bits per heavy atom. The summed E-state index contributed by atoms with van der Waals surface area (Å²) in [5, 5.41) is 0. The number of aromatic nitrogens is 1. The Labute approximate surface area is 227 Å². The zero-order valence-electron chi connectivity index (χ0n) is 21.7. The van der Waals surface area contributed by atoms with Crippen LogP contribution in [0.15, 0.2) is 29.2 Å². The fourth-order valence-electron chi connectivity index (χ4n) is 5.49. The normalized spacial score (nSPS) is 19.6. The smallest absolute Gasteiger partial charge is 0.451 e. The fourth-order valence-corrected chi connectivity index (χ4v) is 5.49. The summed E-state index contributed by atoms with van der Waals surface area (Å²) in [5.41, 5.74) is -1.14. The van der Waals surface area contributed by atoms with Gasteiger partial charge in [-0.2, -0.15) is 0 Å². The SMILES string of the molecule is CC(=O)COC(=O)OCOc1c2n(cc(C(=O)CCc3ccc(F)cc3F)c1=O)C[C@@H]1N(C[C@H]3CCCN31)C2=O. The minimum Gasteiger partial charge on any atom is -0.451 e. The molecule has 0 bridgehead atoms. The number of hydrogen-bond acceptors (Lipinski definition) is 9. The molecule has 2 fully saturated rings. The van der Waals surface area contributed by atoms with Crippen LogP contribution in [0.2, 0.25) is 0 Å². The van der Waals surface area contributed by atoms with E-state index in [1.807, 2.05) is 0 Å². The lowest BCUT2D eigenvalue weighted by atomic mass is 10.0. The molecule has 0 radical (unpaired) electrons. The summed E-state index contributed by atoms with van der Waals surface area (Å²) in [6, 6.07) is 3.22. The van der Waals surface area contributed by atoms with E-state index in [9.17, 15) is 32.8 Å². The fraction of sp³-hybridized carbons (Fsp3) is 0.444. The Kier molecular flexibility index (Phi) is 7.66. The first-order valence-corrected chi connectivity index (χ1v) is 12.9. The van der Waals surface area contributed by atoms with Gasteiger partial charge >= 0.3 is 6.16 Å². The first-order chi connectivity index (χ1) is 19.1. The van der Waals surface area contributed by atoms with Crippen molar-refractivity contribution in [3.05, 3.63) is 63.1 Å². The van der Waals surface area contributed by atoms with Gasteiger partial charge in [-0.3, -0.25) is 24.1 Å². The summed E-state index contributed by atoms with van der Waals surface area (Å²) in [5.74, 6) is -3.52. The van der Waals surface area contributed by atoms with Crippen LogP contribution in [-0.4, -0.2) is 76.7 Å². The molecule has 13 heteroatoms. The number of ketones is 2. The van der Waals surface area contributed by atoms with Crippen molar-refractivity contribution >= 4 is 23.6 Å². The number of pyridine rings is 1. The number of Topliss-reactive ketones (excluding diaryl/α,β-unsaturated/α-hetero) is 2. The van der Waals surface area contributed by atoms with Crippen molar-refractivity contribution in [2.24, 2.45) is 0 Å². The van der Waals surface area contributed by atoms with Gasteiger partial charge in [0, 0.05) is 37.8 Å². The highest BCUT2D eigenvalue weighted by Gasteiger charge is 2.48. The van der Waals surface area contributed by atoms with Crippen LogP contribution < -0.4 is 10.2 Å². The average molecular weight is 560 g/mol. The van der Waals surface area contributed by atoms with Gasteiger partial charge < -0.3 is 23.7 Å². The van der Waals surface area contributed by atoms with E-state index in [0.29, 0.717) is 12.6 Å². The highest BCUT2D eigenvalue weighted by molar-refractivity contribution is 6.00. The van der Waals surface area contributed by atoms with Gasteiger partial charge in [-0.15, -0.1) is 0 Å². The molecule has 1 aromatic carbocycles. The summed E-state index contributed by atoms with van der Waals surface area (Å²) < 4.78 is 43.7. The first kappa shape index (κ1) is 27.4. The number of amides is 1. The van der Waals surface area contributed by atoms with Crippen LogP contribution in [-0.2, 0) is 27.2 Å². The molecule has 40 heavy (non-hydrogen) atoms. The topological polar surface area (TPSA) is 124 Å². The van der Waals surface area contributed by atoms with E-state index in [0.717, 1.165) is 25.5 Å². The molecule has 0 aliphatic carbocycles. The second-order valence-corrected chi connectivity index (χ2v) is 9.98. The first-order valence-electron chi connectivity index (χ1n) is 12.9. The maximum absolute atomic E-state index is 14.1. The number of fused-ring (bicyclic) bond motifs is 4. The predicted octanol–water partition coefficient (Wildman–Crippen LogP) is 2.28. The van der Waals surface area contributed by atoms with Crippen molar-refractivity contribution in [2.45, 2.75) is 51.4 Å². The maximum atomic E-state index is 14.1. The third-order valence-corrected chi connectivity index (χ3v) is 7.34. The third kappa shape index (κ3) is 5.33. The Morgan fingerprint density at radius 1 is 1.10 bits per heavy atom.